The number of esters is 1. The molecule has 0 heterocycles. The van der Waals surface area contributed by atoms with Crippen molar-refractivity contribution in [2.24, 2.45) is 0 Å². The first-order valence-electron chi connectivity index (χ1n) is 7.30. The van der Waals surface area contributed by atoms with E-state index in [0.717, 1.165) is 5.01 Å². The van der Waals surface area contributed by atoms with Crippen LogP contribution < -0.4 is 15.8 Å². The Morgan fingerprint density at radius 3 is 2.12 bits per heavy atom. The molecule has 0 bridgehead atoms. The van der Waals surface area contributed by atoms with Crippen molar-refractivity contribution < 1.29 is 19.1 Å². The number of carbonyl (C=O) groups excluding carboxylic acids is 3. The van der Waals surface area contributed by atoms with Crippen molar-refractivity contribution >= 4 is 29.3 Å². The molecule has 2 rings (SSSR count). The van der Waals surface area contributed by atoms with Crippen LogP contribution in [0.15, 0.2) is 60.7 Å². The average molecular weight is 327 g/mol. The smallest absolute Gasteiger partial charge is 0.398 e. The Kier molecular flexibility index (Phi) is 5.90. The minimum atomic E-state index is -1.06. The van der Waals surface area contributed by atoms with Crippen LogP contribution in [0.5, 0.6) is 0 Å². The normalized spacial score (nSPS) is 9.71. The molecule has 0 saturated carbocycles. The second-order valence-corrected chi connectivity index (χ2v) is 4.63. The van der Waals surface area contributed by atoms with E-state index in [9.17, 15) is 14.4 Å². The lowest BCUT2D eigenvalue weighted by Crippen LogP contribution is -2.51. The second-order valence-electron chi connectivity index (χ2n) is 4.63. The molecular weight excluding hydrogens is 310 g/mol. The molecule has 0 spiro atoms. The van der Waals surface area contributed by atoms with Crippen LogP contribution in [0, 0.1) is 0 Å². The third kappa shape index (κ3) is 4.57. The topological polar surface area (TPSA) is 87.7 Å². The highest BCUT2D eigenvalue weighted by molar-refractivity contribution is 6.33. The van der Waals surface area contributed by atoms with E-state index in [1.807, 2.05) is 6.07 Å². The number of amides is 3. The van der Waals surface area contributed by atoms with Gasteiger partial charge >= 0.3 is 17.9 Å². The molecule has 2 aromatic carbocycles. The van der Waals surface area contributed by atoms with Gasteiger partial charge in [0.2, 0.25) is 0 Å². The number of rotatable bonds is 3. The molecule has 2 aromatic rings. The molecule has 0 atom stereocenters. The minimum Gasteiger partial charge on any atom is -0.459 e. The summed E-state index contributed by atoms with van der Waals surface area (Å²) in [6, 6.07) is 16.5. The van der Waals surface area contributed by atoms with Crippen molar-refractivity contribution in [2.45, 2.75) is 6.92 Å². The number of hydrazine groups is 1. The molecule has 7 heteroatoms. The first-order valence-corrected chi connectivity index (χ1v) is 7.30. The third-order valence-corrected chi connectivity index (χ3v) is 2.92. The lowest BCUT2D eigenvalue weighted by molar-refractivity contribution is -0.154. The van der Waals surface area contributed by atoms with Gasteiger partial charge in [0.05, 0.1) is 12.3 Å². The van der Waals surface area contributed by atoms with Crippen LogP contribution in [0.3, 0.4) is 0 Å². The lowest BCUT2D eigenvalue weighted by Gasteiger charge is -2.23. The van der Waals surface area contributed by atoms with Gasteiger partial charge in [0.25, 0.3) is 0 Å². The summed E-state index contributed by atoms with van der Waals surface area (Å²) in [5.41, 5.74) is 3.19. The number of nitrogens with one attached hydrogen (secondary N) is 2. The summed E-state index contributed by atoms with van der Waals surface area (Å²) in [6.45, 7) is 1.65. The summed E-state index contributed by atoms with van der Waals surface area (Å²) < 4.78 is 4.63. The second kappa shape index (κ2) is 8.33. The fourth-order valence-electron chi connectivity index (χ4n) is 1.85. The SMILES string of the molecule is CCOC(=O)C(=O)NN(C(=O)Nc1ccccc1)c1ccccc1. The summed E-state index contributed by atoms with van der Waals surface area (Å²) in [5.74, 6) is -2.10. The van der Waals surface area contributed by atoms with Crippen molar-refractivity contribution in [2.75, 3.05) is 16.9 Å². The quantitative estimate of drug-likeness (QED) is 0.514. The first kappa shape index (κ1) is 17.0. The van der Waals surface area contributed by atoms with Crippen LogP contribution in [0.25, 0.3) is 0 Å². The number of anilines is 2. The van der Waals surface area contributed by atoms with Gasteiger partial charge in [-0.3, -0.25) is 4.79 Å². The van der Waals surface area contributed by atoms with E-state index in [0.29, 0.717) is 11.4 Å². The van der Waals surface area contributed by atoms with Crippen LogP contribution >= 0.6 is 0 Å². The van der Waals surface area contributed by atoms with Crippen molar-refractivity contribution in [1.29, 1.82) is 0 Å². The van der Waals surface area contributed by atoms with Crippen LogP contribution in [-0.2, 0) is 14.3 Å². The van der Waals surface area contributed by atoms with Gasteiger partial charge in [-0.05, 0) is 31.2 Å². The van der Waals surface area contributed by atoms with Gasteiger partial charge in [-0.15, -0.1) is 0 Å². The summed E-state index contributed by atoms with van der Waals surface area (Å²) in [6.07, 6.45) is 0. The predicted molar refractivity (Wildman–Crippen MR) is 89.2 cm³/mol. The number of para-hydroxylation sites is 2. The van der Waals surface area contributed by atoms with Gasteiger partial charge < -0.3 is 10.1 Å². The van der Waals surface area contributed by atoms with Crippen LogP contribution in [0.1, 0.15) is 6.92 Å². The molecule has 0 aromatic heterocycles. The van der Waals surface area contributed by atoms with Gasteiger partial charge in [-0.25, -0.2) is 20.0 Å². The van der Waals surface area contributed by atoms with E-state index < -0.39 is 17.9 Å². The largest absolute Gasteiger partial charge is 0.459 e. The standard InChI is InChI=1S/C17H17N3O4/c1-2-24-16(22)15(21)19-20(14-11-7-4-8-12-14)17(23)18-13-9-5-3-6-10-13/h3-12H,2H2,1H3,(H,18,23)(H,19,21). The Morgan fingerprint density at radius 2 is 1.54 bits per heavy atom. The van der Waals surface area contributed by atoms with Crippen molar-refractivity contribution in [1.82, 2.24) is 5.43 Å². The summed E-state index contributed by atoms with van der Waals surface area (Å²) >= 11 is 0. The molecule has 0 unspecified atom stereocenters. The molecule has 7 nitrogen and oxygen atoms in total. The number of carbonyl (C=O) groups is 3. The van der Waals surface area contributed by atoms with Crippen molar-refractivity contribution in [3.05, 3.63) is 60.7 Å². The van der Waals surface area contributed by atoms with E-state index in [-0.39, 0.29) is 6.61 Å². The molecule has 2 N–H and O–H groups in total. The zero-order valence-electron chi connectivity index (χ0n) is 13.1. The lowest BCUT2D eigenvalue weighted by atomic mass is 10.3. The number of nitrogens with zero attached hydrogens (tertiary/aromatic N) is 1. The predicted octanol–water partition coefficient (Wildman–Crippen LogP) is 2.32. The highest BCUT2D eigenvalue weighted by atomic mass is 16.5. The van der Waals surface area contributed by atoms with E-state index in [1.165, 1.54) is 0 Å². The Hall–Kier alpha value is -3.35. The zero-order valence-corrected chi connectivity index (χ0v) is 13.1. The maximum absolute atomic E-state index is 12.5. The van der Waals surface area contributed by atoms with Crippen molar-refractivity contribution in [3.63, 3.8) is 0 Å². The van der Waals surface area contributed by atoms with E-state index in [1.54, 1.807) is 61.5 Å². The number of ether oxygens (including phenoxy) is 1. The molecule has 0 saturated heterocycles. The maximum atomic E-state index is 12.5. The number of hydrogen-bond donors (Lipinski definition) is 2. The zero-order chi connectivity index (χ0) is 17.4. The molecule has 0 aliphatic carbocycles. The summed E-state index contributed by atoms with van der Waals surface area (Å²) in [4.78, 5) is 35.8. The number of hydrogen-bond acceptors (Lipinski definition) is 4. The maximum Gasteiger partial charge on any atom is 0.398 e. The molecule has 0 aliphatic rings. The summed E-state index contributed by atoms with van der Waals surface area (Å²) in [5, 5.41) is 3.59. The molecule has 24 heavy (non-hydrogen) atoms. The van der Waals surface area contributed by atoms with Gasteiger partial charge in [0.15, 0.2) is 0 Å². The van der Waals surface area contributed by atoms with Gasteiger partial charge in [0, 0.05) is 5.69 Å². The van der Waals surface area contributed by atoms with Gasteiger partial charge in [-0.1, -0.05) is 36.4 Å². The molecule has 0 fully saturated rings. The highest BCUT2D eigenvalue weighted by Crippen LogP contribution is 2.14. The fraction of sp³-hybridized carbons (Fsp3) is 0.118. The Morgan fingerprint density at radius 1 is 0.958 bits per heavy atom. The average Bonchev–Trinajstić information content (AvgIpc) is 2.61. The monoisotopic (exact) mass is 327 g/mol. The van der Waals surface area contributed by atoms with Crippen LogP contribution in [-0.4, -0.2) is 24.5 Å². The molecule has 3 amide bonds. The Balaban J connectivity index is 2.18. The third-order valence-electron chi connectivity index (χ3n) is 2.92. The first-order chi connectivity index (χ1) is 11.6. The van der Waals surface area contributed by atoms with Crippen molar-refractivity contribution in [3.8, 4) is 0 Å². The van der Waals surface area contributed by atoms with E-state index >= 15 is 0 Å². The molecule has 124 valence electrons. The van der Waals surface area contributed by atoms with Gasteiger partial charge in [0.1, 0.15) is 0 Å². The fourth-order valence-corrected chi connectivity index (χ4v) is 1.85. The van der Waals surface area contributed by atoms with E-state index in [4.69, 9.17) is 0 Å². The number of urea groups is 1. The molecule has 0 radical (unpaired) electrons. The molecule has 0 aliphatic heterocycles. The molecular formula is C17H17N3O4. The van der Waals surface area contributed by atoms with Crippen LogP contribution in [0.2, 0.25) is 0 Å². The Bertz CT molecular complexity index is 704. The highest BCUT2D eigenvalue weighted by Gasteiger charge is 2.23. The minimum absolute atomic E-state index is 0.0633. The number of benzene rings is 2. The summed E-state index contributed by atoms with van der Waals surface area (Å²) in [7, 11) is 0. The van der Waals surface area contributed by atoms with E-state index in [2.05, 4.69) is 15.5 Å². The van der Waals surface area contributed by atoms with Crippen LogP contribution in [0.4, 0.5) is 16.2 Å². The van der Waals surface area contributed by atoms with Gasteiger partial charge in [-0.2, -0.15) is 0 Å². The Labute approximate surface area is 139 Å².